The summed E-state index contributed by atoms with van der Waals surface area (Å²) in [4.78, 5) is 17.5. The first kappa shape index (κ1) is 20.9. The third-order valence-electron chi connectivity index (χ3n) is 4.58. The van der Waals surface area contributed by atoms with Crippen molar-refractivity contribution in [3.8, 4) is 5.75 Å². The summed E-state index contributed by atoms with van der Waals surface area (Å²) >= 11 is 1.32. The normalized spacial score (nSPS) is 16.0. The molecule has 0 unspecified atom stereocenters. The molecule has 1 saturated heterocycles. The summed E-state index contributed by atoms with van der Waals surface area (Å²) < 4.78 is 18.7. The van der Waals surface area contributed by atoms with Crippen LogP contribution in [0.4, 0.5) is 10.1 Å². The highest BCUT2D eigenvalue weighted by atomic mass is 32.2. The van der Waals surface area contributed by atoms with Crippen LogP contribution in [-0.4, -0.2) is 11.1 Å². The van der Waals surface area contributed by atoms with Crippen molar-refractivity contribution in [3.63, 3.8) is 0 Å². The highest BCUT2D eigenvalue weighted by molar-refractivity contribution is 8.18. The number of carbonyl (C=O) groups excluding carboxylic acids is 1. The number of ether oxygens (including phenoxy) is 1. The molecule has 1 amide bonds. The Kier molecular flexibility index (Phi) is 6.18. The second-order valence-corrected chi connectivity index (χ2v) is 8.34. The largest absolute Gasteiger partial charge is 0.489 e. The van der Waals surface area contributed by atoms with Crippen molar-refractivity contribution in [1.82, 2.24) is 5.32 Å². The number of amides is 1. The van der Waals surface area contributed by atoms with E-state index in [0.29, 0.717) is 22.4 Å². The van der Waals surface area contributed by atoms with Gasteiger partial charge in [-0.2, -0.15) is 0 Å². The van der Waals surface area contributed by atoms with Crippen molar-refractivity contribution in [2.45, 2.75) is 20.5 Å². The quantitative estimate of drug-likeness (QED) is 0.510. The number of thioether (sulfide) groups is 1. The minimum Gasteiger partial charge on any atom is -0.489 e. The Bertz CT molecular complexity index is 1150. The van der Waals surface area contributed by atoms with E-state index in [9.17, 15) is 9.18 Å². The summed E-state index contributed by atoms with van der Waals surface area (Å²) in [6, 6.07) is 19.7. The molecule has 1 heterocycles. The summed E-state index contributed by atoms with van der Waals surface area (Å²) in [6.07, 6.45) is 1.83. The predicted molar refractivity (Wildman–Crippen MR) is 124 cm³/mol. The van der Waals surface area contributed by atoms with Gasteiger partial charge in [-0.3, -0.25) is 4.79 Å². The van der Waals surface area contributed by atoms with Gasteiger partial charge in [0.1, 0.15) is 18.2 Å². The van der Waals surface area contributed by atoms with Crippen LogP contribution in [0.2, 0.25) is 0 Å². The molecule has 31 heavy (non-hydrogen) atoms. The topological polar surface area (TPSA) is 50.7 Å². The lowest BCUT2D eigenvalue weighted by atomic mass is 10.1. The van der Waals surface area contributed by atoms with Crippen LogP contribution in [0.15, 0.2) is 76.6 Å². The average Bonchev–Trinajstić information content (AvgIpc) is 3.06. The number of aliphatic imine (C=N–C) groups is 1. The summed E-state index contributed by atoms with van der Waals surface area (Å²) in [5.41, 5.74) is 4.86. The van der Waals surface area contributed by atoms with Gasteiger partial charge in [0, 0.05) is 0 Å². The van der Waals surface area contributed by atoms with E-state index in [4.69, 9.17) is 4.74 Å². The molecule has 1 aliphatic rings. The number of hydrogen-bond donors (Lipinski definition) is 1. The van der Waals surface area contributed by atoms with Gasteiger partial charge in [-0.15, -0.1) is 0 Å². The summed E-state index contributed by atoms with van der Waals surface area (Å²) in [5, 5.41) is 3.39. The average molecular weight is 433 g/mol. The van der Waals surface area contributed by atoms with Gasteiger partial charge in [0.25, 0.3) is 5.91 Å². The van der Waals surface area contributed by atoms with Crippen LogP contribution < -0.4 is 10.1 Å². The van der Waals surface area contributed by atoms with Crippen molar-refractivity contribution >= 4 is 34.6 Å². The molecule has 0 saturated carbocycles. The maximum atomic E-state index is 13.0. The SMILES string of the molecule is Cc1cc(C)cc(N=C2NC(=O)/C(=C/c3ccc(OCc4ccc(F)cc4)cc3)S2)c1. The van der Waals surface area contributed by atoms with E-state index in [1.807, 2.05) is 56.3 Å². The number of amidine groups is 1. The molecule has 1 N–H and O–H groups in total. The standard InChI is InChI=1S/C25H21FN2O2S/c1-16-11-17(2)13-21(12-16)27-25-28-24(29)23(31-25)14-18-5-9-22(10-6-18)30-15-19-3-7-20(26)8-4-19/h3-14H,15H2,1-2H3,(H,27,28,29)/b23-14-. The van der Waals surface area contributed by atoms with Crippen LogP contribution in [0.3, 0.4) is 0 Å². The van der Waals surface area contributed by atoms with Crippen LogP contribution >= 0.6 is 11.8 Å². The van der Waals surface area contributed by atoms with Crippen molar-refractivity contribution in [1.29, 1.82) is 0 Å². The second kappa shape index (κ2) is 9.18. The maximum absolute atomic E-state index is 13.0. The fourth-order valence-corrected chi connectivity index (χ4v) is 4.01. The molecule has 1 aliphatic heterocycles. The van der Waals surface area contributed by atoms with Gasteiger partial charge in [0.05, 0.1) is 10.6 Å². The van der Waals surface area contributed by atoms with Gasteiger partial charge in [0.2, 0.25) is 0 Å². The van der Waals surface area contributed by atoms with E-state index in [1.165, 1.54) is 23.9 Å². The fraction of sp³-hybridized carbons (Fsp3) is 0.120. The highest BCUT2D eigenvalue weighted by Crippen LogP contribution is 2.29. The van der Waals surface area contributed by atoms with E-state index in [1.54, 1.807) is 12.1 Å². The maximum Gasteiger partial charge on any atom is 0.264 e. The van der Waals surface area contributed by atoms with Gasteiger partial charge in [-0.05, 0) is 90.3 Å². The molecule has 4 nitrogen and oxygen atoms in total. The van der Waals surface area contributed by atoms with E-state index in [-0.39, 0.29) is 11.7 Å². The Morgan fingerprint density at radius 1 is 1.00 bits per heavy atom. The number of benzene rings is 3. The molecule has 3 aromatic rings. The minimum atomic E-state index is -0.267. The molecule has 0 aliphatic carbocycles. The monoisotopic (exact) mass is 432 g/mol. The van der Waals surface area contributed by atoms with E-state index < -0.39 is 0 Å². The zero-order valence-electron chi connectivity index (χ0n) is 17.2. The van der Waals surface area contributed by atoms with Gasteiger partial charge >= 0.3 is 0 Å². The number of carbonyl (C=O) groups is 1. The molecule has 0 spiro atoms. The lowest BCUT2D eigenvalue weighted by molar-refractivity contribution is -0.115. The Morgan fingerprint density at radius 3 is 2.35 bits per heavy atom. The van der Waals surface area contributed by atoms with Gasteiger partial charge in [-0.1, -0.05) is 30.3 Å². The van der Waals surface area contributed by atoms with E-state index in [0.717, 1.165) is 27.9 Å². The lowest BCUT2D eigenvalue weighted by Gasteiger charge is -2.06. The molecule has 1 fully saturated rings. The molecular formula is C25H21FN2O2S. The smallest absolute Gasteiger partial charge is 0.264 e. The van der Waals surface area contributed by atoms with E-state index in [2.05, 4.69) is 16.4 Å². The molecule has 4 rings (SSSR count). The first-order valence-corrected chi connectivity index (χ1v) is 10.6. The summed E-state index contributed by atoms with van der Waals surface area (Å²) in [7, 11) is 0. The number of nitrogens with one attached hydrogen (secondary N) is 1. The number of halogens is 1. The zero-order valence-corrected chi connectivity index (χ0v) is 18.0. The number of aryl methyl sites for hydroxylation is 2. The van der Waals surface area contributed by atoms with Crippen LogP contribution in [0.1, 0.15) is 22.3 Å². The Hall–Kier alpha value is -3.38. The van der Waals surface area contributed by atoms with Gasteiger partial charge < -0.3 is 10.1 Å². The van der Waals surface area contributed by atoms with E-state index >= 15 is 0 Å². The molecule has 3 aromatic carbocycles. The molecule has 0 aromatic heterocycles. The van der Waals surface area contributed by atoms with Crippen LogP contribution in [-0.2, 0) is 11.4 Å². The first-order chi connectivity index (χ1) is 14.9. The summed E-state index contributed by atoms with van der Waals surface area (Å²) in [5.74, 6) is 0.272. The molecule has 0 atom stereocenters. The Labute approximate surface area is 184 Å². The molecule has 0 radical (unpaired) electrons. The second-order valence-electron chi connectivity index (χ2n) is 7.31. The number of nitrogens with zero attached hydrogens (tertiary/aromatic N) is 1. The Morgan fingerprint density at radius 2 is 1.68 bits per heavy atom. The highest BCUT2D eigenvalue weighted by Gasteiger charge is 2.23. The third kappa shape index (κ3) is 5.61. The molecule has 6 heteroatoms. The molecule has 0 bridgehead atoms. The van der Waals surface area contributed by atoms with Crippen molar-refractivity contribution in [2.24, 2.45) is 4.99 Å². The predicted octanol–water partition coefficient (Wildman–Crippen LogP) is 5.91. The summed E-state index contributed by atoms with van der Waals surface area (Å²) in [6.45, 7) is 4.40. The zero-order chi connectivity index (χ0) is 21.8. The van der Waals surface area contributed by atoms with Gasteiger partial charge in [0.15, 0.2) is 5.17 Å². The molecular weight excluding hydrogens is 411 g/mol. The first-order valence-electron chi connectivity index (χ1n) is 9.80. The van der Waals surface area contributed by atoms with Crippen LogP contribution in [0.25, 0.3) is 6.08 Å². The van der Waals surface area contributed by atoms with Crippen molar-refractivity contribution in [3.05, 3.63) is 99.7 Å². The molecule has 156 valence electrons. The van der Waals surface area contributed by atoms with Crippen LogP contribution in [0, 0.1) is 19.7 Å². The van der Waals surface area contributed by atoms with Gasteiger partial charge in [-0.25, -0.2) is 9.38 Å². The number of rotatable bonds is 5. The third-order valence-corrected chi connectivity index (χ3v) is 5.49. The minimum absolute atomic E-state index is 0.162. The lowest BCUT2D eigenvalue weighted by Crippen LogP contribution is -2.19. The number of hydrogen-bond acceptors (Lipinski definition) is 4. The Balaban J connectivity index is 1.41. The van der Waals surface area contributed by atoms with Crippen LogP contribution in [0.5, 0.6) is 5.75 Å². The van der Waals surface area contributed by atoms with Crippen molar-refractivity contribution in [2.75, 3.05) is 0 Å². The fourth-order valence-electron chi connectivity index (χ4n) is 3.17. The van der Waals surface area contributed by atoms with Crippen molar-refractivity contribution < 1.29 is 13.9 Å².